The molecule has 1 unspecified atom stereocenters. The number of ketones is 1. The standard InChI is InChI=1S/C36H53N5O7/c1-10-31-36(9,45)30(25(6)33(22(2)3)39-27(8)42)14-13-29(21-46-24(5)18-23(4)34(43)26(7)35(44)48-31)40-47-20-28-12-15-32(37-19-28)41-17-11-16-38-41/h11-12,15-17,19,22-26,30-31,45H,10,13-14,18,20-21H2,1-9H3/b39-33?,40-29+/t23-,24?,25-,26-,30-,31-,36+/m1/s1. The van der Waals surface area contributed by atoms with Crippen LogP contribution in [0.5, 0.6) is 0 Å². The van der Waals surface area contributed by atoms with Crippen LogP contribution in [0.4, 0.5) is 0 Å². The zero-order valence-corrected chi connectivity index (χ0v) is 29.9. The fraction of sp³-hybridized carbons (Fsp3) is 0.639. The number of esters is 1. The lowest BCUT2D eigenvalue weighted by atomic mass is 9.70. The van der Waals surface area contributed by atoms with Crippen LogP contribution in [0, 0.1) is 29.6 Å². The highest BCUT2D eigenvalue weighted by atomic mass is 16.6. The average molecular weight is 668 g/mol. The van der Waals surface area contributed by atoms with Gasteiger partial charge in [0.1, 0.15) is 30.0 Å². The molecule has 3 rings (SSSR count). The molecule has 3 heterocycles. The maximum Gasteiger partial charge on any atom is 0.316 e. The van der Waals surface area contributed by atoms with Crippen molar-refractivity contribution in [1.82, 2.24) is 14.8 Å². The number of aromatic nitrogens is 3. The van der Waals surface area contributed by atoms with E-state index in [2.05, 4.69) is 20.2 Å². The number of Topliss-reactive ketones (excluding diaryl/α,β-unsaturated/α-hetero) is 1. The molecular formula is C36H53N5O7. The van der Waals surface area contributed by atoms with Gasteiger partial charge in [-0.05, 0) is 70.4 Å². The molecule has 2 aromatic heterocycles. The van der Waals surface area contributed by atoms with E-state index >= 15 is 0 Å². The van der Waals surface area contributed by atoms with Crippen molar-refractivity contribution in [2.75, 3.05) is 6.61 Å². The van der Waals surface area contributed by atoms with Crippen molar-refractivity contribution in [3.8, 4) is 5.82 Å². The number of oxime groups is 1. The molecular weight excluding hydrogens is 614 g/mol. The molecule has 1 amide bonds. The third-order valence-electron chi connectivity index (χ3n) is 9.18. The Bertz CT molecular complexity index is 1420. The molecule has 1 aliphatic heterocycles. The van der Waals surface area contributed by atoms with E-state index in [1.165, 1.54) is 6.92 Å². The minimum Gasteiger partial charge on any atom is -0.459 e. The lowest BCUT2D eigenvalue weighted by Crippen LogP contribution is -2.52. The molecule has 1 aliphatic rings. The number of carbonyl (C=O) groups is 3. The Labute approximate surface area is 284 Å². The van der Waals surface area contributed by atoms with E-state index in [4.69, 9.17) is 14.3 Å². The number of hydrogen-bond donors (Lipinski definition) is 1. The van der Waals surface area contributed by atoms with Crippen molar-refractivity contribution in [3.05, 3.63) is 42.4 Å². The molecule has 0 saturated carbocycles. The average Bonchev–Trinajstić information content (AvgIpc) is 3.58. The van der Waals surface area contributed by atoms with Gasteiger partial charge in [-0.25, -0.2) is 14.7 Å². The van der Waals surface area contributed by atoms with Crippen LogP contribution in [0.2, 0.25) is 0 Å². The lowest BCUT2D eigenvalue weighted by Gasteiger charge is -2.42. The van der Waals surface area contributed by atoms with Crippen LogP contribution in [-0.2, 0) is 35.3 Å². The van der Waals surface area contributed by atoms with Gasteiger partial charge in [0.25, 0.3) is 0 Å². The highest BCUT2D eigenvalue weighted by molar-refractivity contribution is 6.00. The van der Waals surface area contributed by atoms with E-state index in [0.717, 1.165) is 5.56 Å². The first-order valence-electron chi connectivity index (χ1n) is 16.9. The van der Waals surface area contributed by atoms with Crippen LogP contribution in [-0.4, -0.2) is 73.4 Å². The molecule has 264 valence electrons. The van der Waals surface area contributed by atoms with Crippen molar-refractivity contribution >= 4 is 29.1 Å². The highest BCUT2D eigenvalue weighted by Gasteiger charge is 2.46. The zero-order valence-electron chi connectivity index (χ0n) is 29.9. The van der Waals surface area contributed by atoms with Gasteiger partial charge in [-0.1, -0.05) is 45.8 Å². The van der Waals surface area contributed by atoms with Crippen LogP contribution >= 0.6 is 0 Å². The van der Waals surface area contributed by atoms with Gasteiger partial charge in [0, 0.05) is 48.6 Å². The molecule has 1 fully saturated rings. The quantitative estimate of drug-likeness (QED) is 0.165. The first kappa shape index (κ1) is 38.7. The van der Waals surface area contributed by atoms with E-state index in [1.807, 2.05) is 59.0 Å². The van der Waals surface area contributed by atoms with E-state index < -0.39 is 35.4 Å². The number of hydrogen-bond acceptors (Lipinski definition) is 10. The summed E-state index contributed by atoms with van der Waals surface area (Å²) in [6.07, 6.45) is 5.49. The predicted octanol–water partition coefficient (Wildman–Crippen LogP) is 5.54. The summed E-state index contributed by atoms with van der Waals surface area (Å²) in [4.78, 5) is 53.3. The van der Waals surface area contributed by atoms with Gasteiger partial charge in [0.15, 0.2) is 5.82 Å². The van der Waals surface area contributed by atoms with Crippen LogP contribution in [0.15, 0.2) is 46.9 Å². The molecule has 0 bridgehead atoms. The van der Waals surface area contributed by atoms with Gasteiger partial charge in [-0.3, -0.25) is 14.4 Å². The molecule has 0 radical (unpaired) electrons. The number of aliphatic hydroxyl groups is 1. The Morgan fingerprint density at radius 1 is 1.21 bits per heavy atom. The van der Waals surface area contributed by atoms with Gasteiger partial charge in [0.05, 0.1) is 18.4 Å². The number of rotatable bonds is 8. The molecule has 0 aliphatic carbocycles. The summed E-state index contributed by atoms with van der Waals surface area (Å²) in [7, 11) is 0. The van der Waals surface area contributed by atoms with Gasteiger partial charge in [0.2, 0.25) is 5.91 Å². The van der Waals surface area contributed by atoms with Crippen molar-refractivity contribution in [2.24, 2.45) is 39.7 Å². The van der Waals surface area contributed by atoms with Gasteiger partial charge >= 0.3 is 5.97 Å². The summed E-state index contributed by atoms with van der Waals surface area (Å²) >= 11 is 0. The second kappa shape index (κ2) is 17.6. The third kappa shape index (κ3) is 10.4. The molecule has 7 atom stereocenters. The number of amides is 1. The SMILES string of the molecule is CC[C@H]1OC(=O)[C@H](C)C(=O)[C@H](C)CC(C)OC/C(=N/OCc2ccc(-n3cccn3)nc2)CC[C@H]([C@@H](C)C(=NC(C)=O)C(C)C)[C@]1(C)O. The molecule has 12 heteroatoms. The van der Waals surface area contributed by atoms with Crippen molar-refractivity contribution in [1.29, 1.82) is 0 Å². The zero-order chi connectivity index (χ0) is 35.6. The fourth-order valence-electron chi connectivity index (χ4n) is 6.46. The third-order valence-corrected chi connectivity index (χ3v) is 9.18. The summed E-state index contributed by atoms with van der Waals surface area (Å²) in [6.45, 7) is 16.3. The van der Waals surface area contributed by atoms with E-state index in [0.29, 0.717) is 42.9 Å². The van der Waals surface area contributed by atoms with Crippen molar-refractivity contribution in [3.63, 3.8) is 0 Å². The highest BCUT2D eigenvalue weighted by Crippen LogP contribution is 2.37. The molecule has 48 heavy (non-hydrogen) atoms. The van der Waals surface area contributed by atoms with E-state index in [1.54, 1.807) is 37.8 Å². The smallest absolute Gasteiger partial charge is 0.316 e. The molecule has 0 spiro atoms. The van der Waals surface area contributed by atoms with Crippen LogP contribution in [0.25, 0.3) is 5.82 Å². The fourth-order valence-corrected chi connectivity index (χ4v) is 6.46. The Balaban J connectivity index is 1.97. The largest absolute Gasteiger partial charge is 0.459 e. The maximum absolute atomic E-state index is 13.3. The van der Waals surface area contributed by atoms with Crippen LogP contribution in [0.3, 0.4) is 0 Å². The van der Waals surface area contributed by atoms with Gasteiger partial charge in [-0.15, -0.1) is 0 Å². The molecule has 0 aromatic carbocycles. The molecule has 2 aromatic rings. The first-order chi connectivity index (χ1) is 22.6. The summed E-state index contributed by atoms with van der Waals surface area (Å²) in [5, 5.41) is 20.9. The second-order valence-corrected chi connectivity index (χ2v) is 13.5. The van der Waals surface area contributed by atoms with E-state index in [-0.39, 0.29) is 42.8 Å². The van der Waals surface area contributed by atoms with Crippen LogP contribution < -0.4 is 0 Å². The second-order valence-electron chi connectivity index (χ2n) is 13.5. The Morgan fingerprint density at radius 2 is 1.94 bits per heavy atom. The number of aliphatic imine (C=N–C) groups is 1. The van der Waals surface area contributed by atoms with Crippen LogP contribution in [0.1, 0.15) is 93.6 Å². The normalized spacial score (nSPS) is 28.4. The number of pyridine rings is 1. The van der Waals surface area contributed by atoms with Crippen molar-refractivity contribution < 1.29 is 33.8 Å². The Kier molecular flexibility index (Phi) is 14.2. The minimum atomic E-state index is -1.55. The molecule has 1 N–H and O–H groups in total. The van der Waals surface area contributed by atoms with Gasteiger partial charge < -0.3 is 19.4 Å². The number of nitrogens with zero attached hydrogens (tertiary/aromatic N) is 5. The predicted molar refractivity (Wildman–Crippen MR) is 183 cm³/mol. The minimum absolute atomic E-state index is 0.0768. The number of carbonyl (C=O) groups excluding carboxylic acids is 3. The monoisotopic (exact) mass is 667 g/mol. The lowest BCUT2D eigenvalue weighted by molar-refractivity contribution is -0.178. The summed E-state index contributed by atoms with van der Waals surface area (Å²) in [5.41, 5.74) is 0.521. The molecule has 1 saturated heterocycles. The van der Waals surface area contributed by atoms with E-state index in [9.17, 15) is 19.5 Å². The molecule has 12 nitrogen and oxygen atoms in total. The summed E-state index contributed by atoms with van der Waals surface area (Å²) in [6, 6.07) is 5.56. The Morgan fingerprint density at radius 3 is 2.52 bits per heavy atom. The van der Waals surface area contributed by atoms with Gasteiger partial charge in [-0.2, -0.15) is 5.10 Å². The Hall–Kier alpha value is -3.77. The number of cyclic esters (lactones) is 1. The topological polar surface area (TPSA) is 155 Å². The number of ether oxygens (including phenoxy) is 2. The van der Waals surface area contributed by atoms with Crippen molar-refractivity contribution in [2.45, 2.75) is 112 Å². The summed E-state index contributed by atoms with van der Waals surface area (Å²) < 4.78 is 13.7. The first-order valence-corrected chi connectivity index (χ1v) is 16.9. The summed E-state index contributed by atoms with van der Waals surface area (Å²) in [5.74, 6) is -2.98. The maximum atomic E-state index is 13.3.